The van der Waals surface area contributed by atoms with Crippen LogP contribution in [0.3, 0.4) is 0 Å². The summed E-state index contributed by atoms with van der Waals surface area (Å²) < 4.78 is 7.94. The molecule has 0 aliphatic carbocycles. The molecule has 4 rings (SSSR count). The lowest BCUT2D eigenvalue weighted by Gasteiger charge is -2.50. The third-order valence-corrected chi connectivity index (χ3v) is 6.87. The normalized spacial score (nSPS) is 18.7. The summed E-state index contributed by atoms with van der Waals surface area (Å²) in [4.78, 5) is 17.4. The number of unbranched alkanes of at least 4 members (excludes halogenated alkanes) is 1. The summed E-state index contributed by atoms with van der Waals surface area (Å²) in [5.74, 6) is 0.931. The Bertz CT molecular complexity index is 854. The van der Waals surface area contributed by atoms with Crippen molar-refractivity contribution >= 4 is 17.5 Å². The van der Waals surface area contributed by atoms with E-state index in [0.717, 1.165) is 74.9 Å². The number of ether oxygens (including phenoxy) is 1. The summed E-state index contributed by atoms with van der Waals surface area (Å²) >= 11 is 6.39. The first-order valence-corrected chi connectivity index (χ1v) is 11.0. The Kier molecular flexibility index (Phi) is 5.88. The van der Waals surface area contributed by atoms with E-state index in [2.05, 4.69) is 29.5 Å². The molecule has 0 radical (unpaired) electrons. The molecule has 1 saturated heterocycles. The maximum atomic E-state index is 13.0. The monoisotopic (exact) mass is 415 g/mol. The Hall–Kier alpha value is -1.98. The van der Waals surface area contributed by atoms with Gasteiger partial charge in [-0.2, -0.15) is 0 Å². The lowest BCUT2D eigenvalue weighted by molar-refractivity contribution is 0.0132. The van der Waals surface area contributed by atoms with Gasteiger partial charge in [0.1, 0.15) is 10.9 Å². The van der Waals surface area contributed by atoms with Crippen LogP contribution >= 0.6 is 11.6 Å². The number of piperidine rings is 1. The van der Waals surface area contributed by atoms with E-state index in [4.69, 9.17) is 16.3 Å². The summed E-state index contributed by atoms with van der Waals surface area (Å²) in [7, 11) is 2.19. The average molecular weight is 416 g/mol. The second-order valence-electron chi connectivity index (χ2n) is 8.16. The summed E-state index contributed by atoms with van der Waals surface area (Å²) in [5.41, 5.74) is 1.99. The number of likely N-dealkylation sites (tertiary alicyclic amines) is 1. The zero-order valence-corrected chi connectivity index (χ0v) is 18.1. The first kappa shape index (κ1) is 20.3. The predicted molar refractivity (Wildman–Crippen MR) is 116 cm³/mol. The standard InChI is InChI=1S/C23H30ClN3O2/c1-3-4-17-29-19-7-5-18(6-8-19)22(28)26-13-11-23(12-14-26)20-9-10-21(24)27(20)16-15-25(23)2/h5-10H,3-4,11-17H2,1-2H3. The highest BCUT2D eigenvalue weighted by atomic mass is 35.5. The van der Waals surface area contributed by atoms with E-state index in [1.54, 1.807) is 0 Å². The number of aromatic nitrogens is 1. The van der Waals surface area contributed by atoms with Crippen LogP contribution in [0.5, 0.6) is 5.75 Å². The highest BCUT2D eigenvalue weighted by Crippen LogP contribution is 2.42. The minimum Gasteiger partial charge on any atom is -0.494 e. The molecular weight excluding hydrogens is 386 g/mol. The molecule has 2 aromatic rings. The van der Waals surface area contributed by atoms with Gasteiger partial charge in [-0.05, 0) is 62.7 Å². The average Bonchev–Trinajstić information content (AvgIpc) is 3.13. The van der Waals surface area contributed by atoms with Gasteiger partial charge in [-0.25, -0.2) is 0 Å². The topological polar surface area (TPSA) is 37.7 Å². The molecule has 29 heavy (non-hydrogen) atoms. The minimum absolute atomic E-state index is 0.0286. The highest BCUT2D eigenvalue weighted by Gasteiger charge is 2.44. The molecule has 2 aliphatic heterocycles. The van der Waals surface area contributed by atoms with Crippen LogP contribution in [-0.2, 0) is 12.1 Å². The number of fused-ring (bicyclic) bond motifs is 2. The molecule has 0 saturated carbocycles. The van der Waals surface area contributed by atoms with Crippen molar-refractivity contribution in [3.05, 3.63) is 52.8 Å². The molecule has 5 nitrogen and oxygen atoms in total. The fourth-order valence-electron chi connectivity index (χ4n) is 4.66. The lowest BCUT2D eigenvalue weighted by Crippen LogP contribution is -2.56. The summed E-state index contributed by atoms with van der Waals surface area (Å²) in [6.45, 7) is 6.27. The van der Waals surface area contributed by atoms with Crippen molar-refractivity contribution in [3.63, 3.8) is 0 Å². The summed E-state index contributed by atoms with van der Waals surface area (Å²) in [6, 6.07) is 11.7. The van der Waals surface area contributed by atoms with Crippen LogP contribution in [0.4, 0.5) is 0 Å². The van der Waals surface area contributed by atoms with Gasteiger partial charge in [-0.1, -0.05) is 24.9 Å². The van der Waals surface area contributed by atoms with Crippen LogP contribution in [0, 0.1) is 0 Å². The quantitative estimate of drug-likeness (QED) is 0.679. The molecule has 1 aromatic carbocycles. The summed E-state index contributed by atoms with van der Waals surface area (Å²) in [6.07, 6.45) is 4.00. The van der Waals surface area contributed by atoms with Crippen molar-refractivity contribution in [2.24, 2.45) is 0 Å². The Morgan fingerprint density at radius 2 is 1.79 bits per heavy atom. The molecule has 0 atom stereocenters. The number of nitrogens with zero attached hydrogens (tertiary/aromatic N) is 3. The molecule has 1 aromatic heterocycles. The van der Waals surface area contributed by atoms with E-state index >= 15 is 0 Å². The Balaban J connectivity index is 1.42. The fourth-order valence-corrected chi connectivity index (χ4v) is 4.90. The van der Waals surface area contributed by atoms with Gasteiger partial charge in [-0.15, -0.1) is 0 Å². The fraction of sp³-hybridized carbons (Fsp3) is 0.522. The van der Waals surface area contributed by atoms with Crippen LogP contribution < -0.4 is 4.74 Å². The van der Waals surface area contributed by atoms with Gasteiger partial charge in [-0.3, -0.25) is 9.69 Å². The van der Waals surface area contributed by atoms with Gasteiger partial charge >= 0.3 is 0 Å². The van der Waals surface area contributed by atoms with Gasteiger partial charge < -0.3 is 14.2 Å². The van der Waals surface area contributed by atoms with Crippen molar-refractivity contribution in [1.29, 1.82) is 0 Å². The second kappa shape index (κ2) is 8.41. The van der Waals surface area contributed by atoms with Crippen LogP contribution in [-0.4, -0.2) is 53.6 Å². The summed E-state index contributed by atoms with van der Waals surface area (Å²) in [5, 5.41) is 0.812. The number of likely N-dealkylation sites (N-methyl/N-ethyl adjacent to an activating group) is 1. The van der Waals surface area contributed by atoms with Crippen LogP contribution in [0.15, 0.2) is 36.4 Å². The van der Waals surface area contributed by atoms with Crippen molar-refractivity contribution in [1.82, 2.24) is 14.4 Å². The number of halogens is 1. The molecule has 3 heterocycles. The maximum Gasteiger partial charge on any atom is 0.253 e. The van der Waals surface area contributed by atoms with Crippen molar-refractivity contribution in [3.8, 4) is 5.75 Å². The first-order chi connectivity index (χ1) is 14.0. The van der Waals surface area contributed by atoms with Gasteiger partial charge in [0, 0.05) is 37.4 Å². The third kappa shape index (κ3) is 3.78. The van der Waals surface area contributed by atoms with Gasteiger partial charge in [0.15, 0.2) is 0 Å². The zero-order chi connectivity index (χ0) is 20.4. The number of carbonyl (C=O) groups excluding carboxylic acids is 1. The molecule has 0 bridgehead atoms. The maximum absolute atomic E-state index is 13.0. The highest BCUT2D eigenvalue weighted by molar-refractivity contribution is 6.29. The van der Waals surface area contributed by atoms with E-state index in [1.807, 2.05) is 35.2 Å². The Morgan fingerprint density at radius 3 is 2.48 bits per heavy atom. The molecule has 1 fully saturated rings. The molecule has 0 unspecified atom stereocenters. The smallest absolute Gasteiger partial charge is 0.253 e. The molecule has 6 heteroatoms. The van der Waals surface area contributed by atoms with Crippen molar-refractivity contribution in [2.45, 2.75) is 44.7 Å². The SMILES string of the molecule is CCCCOc1ccc(C(=O)N2CCC3(CC2)c2ccc(Cl)n2CCN3C)cc1. The molecule has 2 aliphatic rings. The first-order valence-electron chi connectivity index (χ1n) is 10.6. The number of amides is 1. The predicted octanol–water partition coefficient (Wildman–Crippen LogP) is 4.40. The van der Waals surface area contributed by atoms with Crippen LogP contribution in [0.2, 0.25) is 5.15 Å². The van der Waals surface area contributed by atoms with E-state index in [9.17, 15) is 4.79 Å². The van der Waals surface area contributed by atoms with E-state index in [0.29, 0.717) is 0 Å². The van der Waals surface area contributed by atoms with Gasteiger partial charge in [0.2, 0.25) is 0 Å². The number of hydrogen-bond acceptors (Lipinski definition) is 3. The zero-order valence-electron chi connectivity index (χ0n) is 17.4. The second-order valence-corrected chi connectivity index (χ2v) is 8.55. The van der Waals surface area contributed by atoms with Gasteiger partial charge in [0.05, 0.1) is 12.1 Å². The molecular formula is C23H30ClN3O2. The number of rotatable bonds is 5. The van der Waals surface area contributed by atoms with Gasteiger partial charge in [0.25, 0.3) is 5.91 Å². The van der Waals surface area contributed by atoms with E-state index in [1.165, 1.54) is 5.69 Å². The molecule has 1 amide bonds. The van der Waals surface area contributed by atoms with Crippen LogP contribution in [0.1, 0.15) is 48.7 Å². The molecule has 156 valence electrons. The number of carbonyl (C=O) groups is 1. The van der Waals surface area contributed by atoms with Crippen molar-refractivity contribution < 1.29 is 9.53 Å². The largest absolute Gasteiger partial charge is 0.494 e. The lowest BCUT2D eigenvalue weighted by atomic mass is 9.81. The number of benzene rings is 1. The van der Waals surface area contributed by atoms with E-state index in [-0.39, 0.29) is 11.4 Å². The third-order valence-electron chi connectivity index (χ3n) is 6.54. The Morgan fingerprint density at radius 1 is 1.07 bits per heavy atom. The molecule has 0 N–H and O–H groups in total. The molecule has 1 spiro atoms. The van der Waals surface area contributed by atoms with E-state index < -0.39 is 0 Å². The minimum atomic E-state index is -0.0286. The van der Waals surface area contributed by atoms with Crippen molar-refractivity contribution in [2.75, 3.05) is 33.3 Å². The Labute approximate surface area is 178 Å². The van der Waals surface area contributed by atoms with Crippen LogP contribution in [0.25, 0.3) is 0 Å². The number of hydrogen-bond donors (Lipinski definition) is 0.